The number of nitrogens with zero attached hydrogens (tertiary/aromatic N) is 2. The molecule has 2 aromatic heterocycles. The summed E-state index contributed by atoms with van der Waals surface area (Å²) in [5.41, 5.74) is 0. The van der Waals surface area contributed by atoms with Gasteiger partial charge in [-0.25, -0.2) is 4.98 Å². The van der Waals surface area contributed by atoms with E-state index >= 15 is 0 Å². The van der Waals surface area contributed by atoms with Crippen molar-refractivity contribution < 1.29 is 9.53 Å². The predicted octanol–water partition coefficient (Wildman–Crippen LogP) is 2.58. The lowest BCUT2D eigenvalue weighted by molar-refractivity contribution is -0.142. The van der Waals surface area contributed by atoms with E-state index < -0.39 is 0 Å². The maximum atomic E-state index is 11.5. The number of aromatic nitrogens is 3. The molecule has 0 radical (unpaired) electrons. The smallest absolute Gasteiger partial charge is 0.319 e. The van der Waals surface area contributed by atoms with Gasteiger partial charge < -0.3 is 4.74 Å². The van der Waals surface area contributed by atoms with Crippen LogP contribution < -0.4 is 0 Å². The average Bonchev–Trinajstić information content (AvgIpc) is 2.98. The third-order valence-electron chi connectivity index (χ3n) is 2.12. The number of thioether (sulfide) groups is 1. The first-order valence-electron chi connectivity index (χ1n) is 5.50. The number of nitrogens with one attached hydrogen (secondary N) is 1. The molecule has 7 heteroatoms. The van der Waals surface area contributed by atoms with Crippen LogP contribution in [0.2, 0.25) is 0 Å². The SMILES string of the molecule is CCOC(=O)C(C)Sc1n[nH]c(-c2cccs2)n1. The van der Waals surface area contributed by atoms with Gasteiger partial charge in [-0.15, -0.1) is 16.4 Å². The summed E-state index contributed by atoms with van der Waals surface area (Å²) in [6.45, 7) is 3.96. The third-order valence-corrected chi connectivity index (χ3v) is 3.94. The predicted molar refractivity (Wildman–Crippen MR) is 71.6 cm³/mol. The van der Waals surface area contributed by atoms with E-state index in [1.165, 1.54) is 11.8 Å². The quantitative estimate of drug-likeness (QED) is 0.674. The van der Waals surface area contributed by atoms with Crippen molar-refractivity contribution in [2.45, 2.75) is 24.3 Å². The van der Waals surface area contributed by atoms with Crippen molar-refractivity contribution in [1.82, 2.24) is 15.2 Å². The molecule has 18 heavy (non-hydrogen) atoms. The first-order valence-corrected chi connectivity index (χ1v) is 7.26. The molecule has 0 amide bonds. The van der Waals surface area contributed by atoms with Crippen molar-refractivity contribution in [3.63, 3.8) is 0 Å². The van der Waals surface area contributed by atoms with E-state index in [1.807, 2.05) is 17.5 Å². The molecule has 1 N–H and O–H groups in total. The number of rotatable bonds is 5. The topological polar surface area (TPSA) is 67.9 Å². The highest BCUT2D eigenvalue weighted by atomic mass is 32.2. The molecule has 0 aliphatic rings. The summed E-state index contributed by atoms with van der Waals surface area (Å²) in [5, 5.41) is 9.17. The van der Waals surface area contributed by atoms with Crippen LogP contribution in [0.3, 0.4) is 0 Å². The van der Waals surface area contributed by atoms with Crippen molar-refractivity contribution in [2.75, 3.05) is 6.61 Å². The molecule has 0 fully saturated rings. The fraction of sp³-hybridized carbons (Fsp3) is 0.364. The van der Waals surface area contributed by atoms with E-state index in [9.17, 15) is 4.79 Å². The number of ether oxygens (including phenoxy) is 1. The molecular weight excluding hydrogens is 270 g/mol. The summed E-state index contributed by atoms with van der Waals surface area (Å²) in [5.74, 6) is 0.480. The number of hydrogen-bond acceptors (Lipinski definition) is 6. The Kier molecular flexibility index (Phi) is 4.38. The van der Waals surface area contributed by atoms with E-state index in [4.69, 9.17) is 4.74 Å². The minimum atomic E-state index is -0.308. The van der Waals surface area contributed by atoms with Crippen molar-refractivity contribution in [3.8, 4) is 10.7 Å². The molecule has 2 rings (SSSR count). The second kappa shape index (κ2) is 6.01. The maximum absolute atomic E-state index is 11.5. The van der Waals surface area contributed by atoms with Crippen molar-refractivity contribution >= 4 is 29.1 Å². The Morgan fingerprint density at radius 2 is 2.50 bits per heavy atom. The number of aromatic amines is 1. The summed E-state index contributed by atoms with van der Waals surface area (Å²) in [7, 11) is 0. The van der Waals surface area contributed by atoms with Crippen LogP contribution in [-0.2, 0) is 9.53 Å². The highest BCUT2D eigenvalue weighted by molar-refractivity contribution is 8.00. The van der Waals surface area contributed by atoms with Gasteiger partial charge in [0.25, 0.3) is 0 Å². The summed E-state index contributed by atoms with van der Waals surface area (Å²) in [4.78, 5) is 16.8. The Balaban J connectivity index is 2.01. The highest BCUT2D eigenvalue weighted by Gasteiger charge is 2.18. The van der Waals surface area contributed by atoms with E-state index in [1.54, 1.807) is 25.2 Å². The second-order valence-electron chi connectivity index (χ2n) is 3.46. The maximum Gasteiger partial charge on any atom is 0.319 e. The molecule has 0 bridgehead atoms. The molecule has 0 aliphatic heterocycles. The molecule has 0 spiro atoms. The van der Waals surface area contributed by atoms with Gasteiger partial charge in [0.05, 0.1) is 11.5 Å². The van der Waals surface area contributed by atoms with Gasteiger partial charge in [0.2, 0.25) is 5.16 Å². The van der Waals surface area contributed by atoms with Gasteiger partial charge in [-0.2, -0.15) is 0 Å². The van der Waals surface area contributed by atoms with Gasteiger partial charge in [-0.05, 0) is 25.3 Å². The summed E-state index contributed by atoms with van der Waals surface area (Å²) >= 11 is 2.87. The molecule has 96 valence electrons. The Hall–Kier alpha value is -1.34. The largest absolute Gasteiger partial charge is 0.465 e. The van der Waals surface area contributed by atoms with Gasteiger partial charge in [-0.3, -0.25) is 9.89 Å². The van der Waals surface area contributed by atoms with Crippen molar-refractivity contribution in [2.24, 2.45) is 0 Å². The van der Waals surface area contributed by atoms with Gasteiger partial charge in [0.15, 0.2) is 5.82 Å². The fourth-order valence-corrected chi connectivity index (χ4v) is 2.68. The Labute approximate surface area is 113 Å². The summed E-state index contributed by atoms with van der Waals surface area (Å²) in [6.07, 6.45) is 0. The number of carbonyl (C=O) groups is 1. The lowest BCUT2D eigenvalue weighted by Crippen LogP contribution is -2.16. The van der Waals surface area contributed by atoms with Gasteiger partial charge in [-0.1, -0.05) is 17.8 Å². The average molecular weight is 283 g/mol. The molecular formula is C11H13N3O2S2. The second-order valence-corrected chi connectivity index (χ2v) is 5.71. The minimum Gasteiger partial charge on any atom is -0.465 e. The number of esters is 1. The molecule has 0 aromatic carbocycles. The Bertz CT molecular complexity index is 510. The van der Waals surface area contributed by atoms with Gasteiger partial charge >= 0.3 is 5.97 Å². The van der Waals surface area contributed by atoms with E-state index in [0.717, 1.165) is 10.7 Å². The number of hydrogen-bond donors (Lipinski definition) is 1. The van der Waals surface area contributed by atoms with Crippen LogP contribution in [0.4, 0.5) is 0 Å². The zero-order valence-electron chi connectivity index (χ0n) is 10.0. The van der Waals surface area contributed by atoms with Crippen LogP contribution in [0.15, 0.2) is 22.7 Å². The third kappa shape index (κ3) is 3.11. The zero-order chi connectivity index (χ0) is 13.0. The van der Waals surface area contributed by atoms with Gasteiger partial charge in [0.1, 0.15) is 5.25 Å². The van der Waals surface area contributed by atoms with Crippen molar-refractivity contribution in [3.05, 3.63) is 17.5 Å². The lowest BCUT2D eigenvalue weighted by atomic mass is 10.4. The van der Waals surface area contributed by atoms with Crippen LogP contribution in [0.25, 0.3) is 10.7 Å². The van der Waals surface area contributed by atoms with Crippen LogP contribution in [0.5, 0.6) is 0 Å². The molecule has 1 atom stereocenters. The first kappa shape index (κ1) is 13.1. The van der Waals surface area contributed by atoms with Crippen molar-refractivity contribution in [1.29, 1.82) is 0 Å². The van der Waals surface area contributed by atoms with Crippen LogP contribution in [0, 0.1) is 0 Å². The van der Waals surface area contributed by atoms with E-state index in [2.05, 4.69) is 15.2 Å². The molecule has 2 aromatic rings. The molecule has 5 nitrogen and oxygen atoms in total. The Morgan fingerprint density at radius 3 is 3.17 bits per heavy atom. The van der Waals surface area contributed by atoms with Crippen LogP contribution in [-0.4, -0.2) is 33.0 Å². The van der Waals surface area contributed by atoms with Crippen LogP contribution in [0.1, 0.15) is 13.8 Å². The number of thiophene rings is 1. The highest BCUT2D eigenvalue weighted by Crippen LogP contribution is 2.25. The summed E-state index contributed by atoms with van der Waals surface area (Å²) < 4.78 is 4.93. The summed E-state index contributed by atoms with van der Waals surface area (Å²) in [6, 6.07) is 3.92. The number of H-pyrrole nitrogens is 1. The Morgan fingerprint density at radius 1 is 1.67 bits per heavy atom. The fourth-order valence-electron chi connectivity index (χ4n) is 1.29. The van der Waals surface area contributed by atoms with Crippen LogP contribution >= 0.6 is 23.1 Å². The molecule has 0 saturated carbocycles. The molecule has 0 saturated heterocycles. The normalized spacial score (nSPS) is 12.3. The van der Waals surface area contributed by atoms with E-state index in [0.29, 0.717) is 11.8 Å². The minimum absolute atomic E-state index is 0.245. The number of carbonyl (C=O) groups excluding carboxylic acids is 1. The lowest BCUT2D eigenvalue weighted by Gasteiger charge is -2.06. The molecule has 1 unspecified atom stereocenters. The van der Waals surface area contributed by atoms with Gasteiger partial charge in [0, 0.05) is 0 Å². The zero-order valence-corrected chi connectivity index (χ0v) is 11.7. The molecule has 2 heterocycles. The first-order chi connectivity index (χ1) is 8.70. The molecule has 0 aliphatic carbocycles. The van der Waals surface area contributed by atoms with E-state index in [-0.39, 0.29) is 11.2 Å². The monoisotopic (exact) mass is 283 g/mol. The standard InChI is InChI=1S/C11H13N3O2S2/c1-3-16-10(15)7(2)18-11-12-9(13-14-11)8-5-4-6-17-8/h4-7H,3H2,1-2H3,(H,12,13,14).